The second-order valence-corrected chi connectivity index (χ2v) is 9.50. The SMILES string of the molecule is CC[C@@H](C)NC(=O)[C@@H](C)N(Cc1ccccc1C)C(=O)CSCc1ccc(Cl)cc1Cl. The summed E-state index contributed by atoms with van der Waals surface area (Å²) >= 11 is 13.7. The molecular formula is C24H30Cl2N2O2S. The Bertz CT molecular complexity index is 907. The van der Waals surface area contributed by atoms with Gasteiger partial charge in [-0.25, -0.2) is 0 Å². The molecular weight excluding hydrogens is 451 g/mol. The van der Waals surface area contributed by atoms with E-state index in [4.69, 9.17) is 23.2 Å². The zero-order valence-electron chi connectivity index (χ0n) is 18.5. The summed E-state index contributed by atoms with van der Waals surface area (Å²) in [6, 6.07) is 12.8. The number of carbonyl (C=O) groups excluding carboxylic acids is 2. The van der Waals surface area contributed by atoms with Crippen molar-refractivity contribution in [1.29, 1.82) is 0 Å². The van der Waals surface area contributed by atoms with Crippen molar-refractivity contribution in [3.05, 3.63) is 69.2 Å². The highest BCUT2D eigenvalue weighted by Crippen LogP contribution is 2.25. The van der Waals surface area contributed by atoms with Crippen LogP contribution in [0.1, 0.15) is 43.9 Å². The summed E-state index contributed by atoms with van der Waals surface area (Å²) in [6.45, 7) is 8.17. The highest BCUT2D eigenvalue weighted by atomic mass is 35.5. The van der Waals surface area contributed by atoms with Gasteiger partial charge in [0.15, 0.2) is 0 Å². The predicted molar refractivity (Wildman–Crippen MR) is 132 cm³/mol. The van der Waals surface area contributed by atoms with E-state index in [1.807, 2.05) is 51.1 Å². The minimum absolute atomic E-state index is 0.0618. The van der Waals surface area contributed by atoms with Crippen molar-refractivity contribution in [2.75, 3.05) is 5.75 Å². The second-order valence-electron chi connectivity index (χ2n) is 7.67. The number of hydrogen-bond acceptors (Lipinski definition) is 3. The zero-order chi connectivity index (χ0) is 23.0. The molecule has 2 amide bonds. The second kappa shape index (κ2) is 12.4. The Balaban J connectivity index is 2.11. The van der Waals surface area contributed by atoms with Crippen LogP contribution >= 0.6 is 35.0 Å². The fourth-order valence-electron chi connectivity index (χ4n) is 2.99. The summed E-state index contributed by atoms with van der Waals surface area (Å²) in [6.07, 6.45) is 0.835. The number of amides is 2. The van der Waals surface area contributed by atoms with Crippen LogP contribution in [0.2, 0.25) is 10.0 Å². The number of rotatable bonds is 10. The van der Waals surface area contributed by atoms with Crippen LogP contribution in [0.4, 0.5) is 0 Å². The lowest BCUT2D eigenvalue weighted by Crippen LogP contribution is -2.50. The first kappa shape index (κ1) is 25.6. The summed E-state index contributed by atoms with van der Waals surface area (Å²) in [7, 11) is 0. The Labute approximate surface area is 199 Å². The number of carbonyl (C=O) groups is 2. The lowest BCUT2D eigenvalue weighted by Gasteiger charge is -2.30. The molecule has 0 aliphatic heterocycles. The Morgan fingerprint density at radius 3 is 2.45 bits per heavy atom. The molecule has 2 aromatic rings. The van der Waals surface area contributed by atoms with Gasteiger partial charge in [0.1, 0.15) is 6.04 Å². The van der Waals surface area contributed by atoms with Gasteiger partial charge in [-0.3, -0.25) is 9.59 Å². The molecule has 0 aliphatic carbocycles. The van der Waals surface area contributed by atoms with Crippen LogP contribution in [-0.4, -0.2) is 34.6 Å². The molecule has 0 saturated heterocycles. The van der Waals surface area contributed by atoms with Crippen LogP contribution in [-0.2, 0) is 21.9 Å². The first-order valence-electron chi connectivity index (χ1n) is 10.4. The van der Waals surface area contributed by atoms with Crippen molar-refractivity contribution >= 4 is 46.8 Å². The van der Waals surface area contributed by atoms with Crippen LogP contribution in [0.15, 0.2) is 42.5 Å². The molecule has 31 heavy (non-hydrogen) atoms. The zero-order valence-corrected chi connectivity index (χ0v) is 20.8. The van der Waals surface area contributed by atoms with Gasteiger partial charge in [-0.15, -0.1) is 11.8 Å². The van der Waals surface area contributed by atoms with Crippen LogP contribution < -0.4 is 5.32 Å². The molecule has 1 N–H and O–H groups in total. The van der Waals surface area contributed by atoms with E-state index >= 15 is 0 Å². The molecule has 168 valence electrons. The van der Waals surface area contributed by atoms with Gasteiger partial charge in [-0.2, -0.15) is 0 Å². The number of nitrogens with zero attached hydrogens (tertiary/aromatic N) is 1. The van der Waals surface area contributed by atoms with Gasteiger partial charge in [0.25, 0.3) is 0 Å². The van der Waals surface area contributed by atoms with Gasteiger partial charge < -0.3 is 10.2 Å². The number of halogens is 2. The molecule has 0 aromatic heterocycles. The largest absolute Gasteiger partial charge is 0.352 e. The van der Waals surface area contributed by atoms with E-state index in [2.05, 4.69) is 5.32 Å². The summed E-state index contributed by atoms with van der Waals surface area (Å²) < 4.78 is 0. The van der Waals surface area contributed by atoms with Gasteiger partial charge in [0, 0.05) is 28.4 Å². The first-order chi connectivity index (χ1) is 14.7. The van der Waals surface area contributed by atoms with Gasteiger partial charge in [0.05, 0.1) is 5.75 Å². The highest BCUT2D eigenvalue weighted by molar-refractivity contribution is 7.99. The minimum atomic E-state index is -0.569. The molecule has 0 spiro atoms. The maximum Gasteiger partial charge on any atom is 0.242 e. The van der Waals surface area contributed by atoms with Gasteiger partial charge >= 0.3 is 0 Å². The molecule has 2 aromatic carbocycles. The maximum absolute atomic E-state index is 13.2. The standard InChI is InChI=1S/C24H30Cl2N2O2S/c1-5-17(3)27-24(30)18(4)28(13-19-9-7-6-8-16(19)2)23(29)15-31-14-20-10-11-21(25)12-22(20)26/h6-12,17-18H,5,13-15H2,1-4H3,(H,27,30)/t17-,18-/m1/s1. The van der Waals surface area contributed by atoms with E-state index in [-0.39, 0.29) is 23.6 Å². The number of aryl methyl sites for hydroxylation is 1. The van der Waals surface area contributed by atoms with E-state index in [0.717, 1.165) is 23.1 Å². The molecule has 0 aliphatic rings. The quantitative estimate of drug-likeness (QED) is 0.462. The molecule has 4 nitrogen and oxygen atoms in total. The smallest absolute Gasteiger partial charge is 0.242 e. The summed E-state index contributed by atoms with van der Waals surface area (Å²) in [5.74, 6) is 0.631. The van der Waals surface area contributed by atoms with Crippen LogP contribution in [0.3, 0.4) is 0 Å². The summed E-state index contributed by atoms with van der Waals surface area (Å²) in [4.78, 5) is 27.6. The molecule has 7 heteroatoms. The fourth-order valence-corrected chi connectivity index (χ4v) is 4.46. The van der Waals surface area contributed by atoms with Crippen molar-refractivity contribution in [2.45, 2.75) is 58.5 Å². The fraction of sp³-hybridized carbons (Fsp3) is 0.417. The normalized spacial score (nSPS) is 12.8. The average molecular weight is 481 g/mol. The predicted octanol–water partition coefficient (Wildman–Crippen LogP) is 5.87. The van der Waals surface area contributed by atoms with E-state index in [9.17, 15) is 9.59 Å². The van der Waals surface area contributed by atoms with Crippen molar-refractivity contribution in [1.82, 2.24) is 10.2 Å². The molecule has 0 radical (unpaired) electrons. The topological polar surface area (TPSA) is 49.4 Å². The number of benzene rings is 2. The first-order valence-corrected chi connectivity index (χ1v) is 12.3. The van der Waals surface area contributed by atoms with Gasteiger partial charge in [-0.05, 0) is 56.0 Å². The highest BCUT2D eigenvalue weighted by Gasteiger charge is 2.27. The summed E-state index contributed by atoms with van der Waals surface area (Å²) in [5, 5.41) is 4.16. The molecule has 0 saturated carbocycles. The number of nitrogens with one attached hydrogen (secondary N) is 1. The Morgan fingerprint density at radius 1 is 1.10 bits per heavy atom. The van der Waals surface area contributed by atoms with Crippen molar-refractivity contribution in [3.63, 3.8) is 0 Å². The van der Waals surface area contributed by atoms with Crippen LogP contribution in [0.5, 0.6) is 0 Å². The Morgan fingerprint density at radius 2 is 1.81 bits per heavy atom. The van der Waals surface area contributed by atoms with E-state index < -0.39 is 6.04 Å². The van der Waals surface area contributed by atoms with Crippen LogP contribution in [0.25, 0.3) is 0 Å². The third kappa shape index (κ3) is 7.74. The number of hydrogen-bond donors (Lipinski definition) is 1. The minimum Gasteiger partial charge on any atom is -0.352 e. The molecule has 2 rings (SSSR count). The Kier molecular flexibility index (Phi) is 10.2. The summed E-state index contributed by atoms with van der Waals surface area (Å²) in [5.41, 5.74) is 3.05. The van der Waals surface area contributed by atoms with Gasteiger partial charge in [-0.1, -0.05) is 60.5 Å². The van der Waals surface area contributed by atoms with Crippen molar-refractivity contribution in [3.8, 4) is 0 Å². The third-order valence-electron chi connectivity index (χ3n) is 5.27. The maximum atomic E-state index is 13.2. The van der Waals surface area contributed by atoms with Crippen molar-refractivity contribution in [2.24, 2.45) is 0 Å². The average Bonchev–Trinajstić information content (AvgIpc) is 2.73. The third-order valence-corrected chi connectivity index (χ3v) is 6.82. The molecule has 0 heterocycles. The Hall–Kier alpha value is -1.69. The van der Waals surface area contributed by atoms with E-state index in [1.165, 1.54) is 11.8 Å². The molecule has 0 bridgehead atoms. The molecule has 0 fully saturated rings. The van der Waals surface area contributed by atoms with Gasteiger partial charge in [0.2, 0.25) is 11.8 Å². The number of thioether (sulfide) groups is 1. The van der Waals surface area contributed by atoms with Crippen molar-refractivity contribution < 1.29 is 9.59 Å². The van der Waals surface area contributed by atoms with E-state index in [0.29, 0.717) is 22.3 Å². The molecule has 2 atom stereocenters. The monoisotopic (exact) mass is 480 g/mol. The molecule has 0 unspecified atom stereocenters. The lowest BCUT2D eigenvalue weighted by molar-refractivity contribution is -0.138. The lowest BCUT2D eigenvalue weighted by atomic mass is 10.1. The van der Waals surface area contributed by atoms with E-state index in [1.54, 1.807) is 24.0 Å². The van der Waals surface area contributed by atoms with Crippen LogP contribution in [0, 0.1) is 6.92 Å².